The maximum absolute atomic E-state index is 13.2. The van der Waals surface area contributed by atoms with Gasteiger partial charge in [0.25, 0.3) is 5.91 Å². The lowest BCUT2D eigenvalue weighted by molar-refractivity contribution is 0.0707. The number of hydrogen-bond donors (Lipinski definition) is 1. The van der Waals surface area contributed by atoms with Gasteiger partial charge in [0.05, 0.1) is 11.8 Å². The summed E-state index contributed by atoms with van der Waals surface area (Å²) in [5.74, 6) is 1.04. The van der Waals surface area contributed by atoms with Gasteiger partial charge in [0.15, 0.2) is 0 Å². The normalized spacial score (nSPS) is 16.1. The minimum atomic E-state index is -0.259. The second-order valence-corrected chi connectivity index (χ2v) is 7.73. The van der Waals surface area contributed by atoms with Crippen LogP contribution < -0.4 is 5.32 Å². The first kappa shape index (κ1) is 19.1. The maximum Gasteiger partial charge on any atom is 0.258 e. The molecule has 0 fully saturated rings. The maximum atomic E-state index is 13.2. The van der Waals surface area contributed by atoms with Gasteiger partial charge in [-0.05, 0) is 45.9 Å². The smallest absolute Gasteiger partial charge is 0.258 e. The summed E-state index contributed by atoms with van der Waals surface area (Å²) in [5, 5.41) is 8.05. The fourth-order valence-electron chi connectivity index (χ4n) is 4.16. The summed E-state index contributed by atoms with van der Waals surface area (Å²) in [4.78, 5) is 15.0. The number of para-hydroxylation sites is 1. The van der Waals surface area contributed by atoms with Crippen molar-refractivity contribution in [2.24, 2.45) is 0 Å². The molecule has 1 unspecified atom stereocenters. The first-order chi connectivity index (χ1) is 13.9. The fourth-order valence-corrected chi connectivity index (χ4v) is 4.16. The minimum absolute atomic E-state index is 0.0151. The van der Waals surface area contributed by atoms with Crippen LogP contribution in [0.15, 0.2) is 55.3 Å². The molecule has 1 N–H and O–H groups in total. The van der Waals surface area contributed by atoms with Gasteiger partial charge >= 0.3 is 0 Å². The highest BCUT2D eigenvalue weighted by Crippen LogP contribution is 2.36. The van der Waals surface area contributed by atoms with Crippen LogP contribution in [0.5, 0.6) is 0 Å². The number of rotatable bonds is 5. The Morgan fingerprint density at radius 1 is 1.24 bits per heavy atom. The van der Waals surface area contributed by atoms with Gasteiger partial charge in [-0.3, -0.25) is 4.79 Å². The molecule has 3 aromatic rings. The predicted molar refractivity (Wildman–Crippen MR) is 115 cm³/mol. The lowest BCUT2D eigenvalue weighted by Gasteiger charge is -2.37. The lowest BCUT2D eigenvalue weighted by Crippen LogP contribution is -2.43. The summed E-state index contributed by atoms with van der Waals surface area (Å²) >= 11 is 0. The van der Waals surface area contributed by atoms with Gasteiger partial charge in [-0.25, -0.2) is 4.68 Å². The second-order valence-electron chi connectivity index (χ2n) is 7.73. The van der Waals surface area contributed by atoms with Crippen molar-refractivity contribution in [1.82, 2.24) is 19.2 Å². The van der Waals surface area contributed by atoms with E-state index in [2.05, 4.69) is 55.3 Å². The molecule has 0 bridgehead atoms. The number of nitrogens with one attached hydrogen (secondary N) is 1. The molecule has 0 radical (unpaired) electrons. The van der Waals surface area contributed by atoms with E-state index in [1.807, 2.05) is 46.1 Å². The average Bonchev–Trinajstić information content (AvgIpc) is 3.28. The van der Waals surface area contributed by atoms with Crippen molar-refractivity contribution in [2.45, 2.75) is 39.9 Å². The second kappa shape index (κ2) is 7.28. The van der Waals surface area contributed by atoms with Crippen LogP contribution in [0.1, 0.15) is 53.4 Å². The van der Waals surface area contributed by atoms with Gasteiger partial charge < -0.3 is 14.8 Å². The van der Waals surface area contributed by atoms with Crippen LogP contribution in [-0.4, -0.2) is 31.7 Å². The van der Waals surface area contributed by atoms with Crippen LogP contribution in [-0.2, 0) is 0 Å². The number of carbonyl (C=O) groups is 1. The molecule has 0 aliphatic carbocycles. The highest BCUT2D eigenvalue weighted by molar-refractivity contribution is 6.01. The quantitative estimate of drug-likeness (QED) is 0.648. The summed E-state index contributed by atoms with van der Waals surface area (Å²) in [6, 6.07) is 12.1. The summed E-state index contributed by atoms with van der Waals surface area (Å²) in [7, 11) is 0. The molecule has 0 saturated carbocycles. The molecular formula is C23H27N5O. The Morgan fingerprint density at radius 3 is 2.72 bits per heavy atom. The zero-order valence-corrected chi connectivity index (χ0v) is 17.4. The molecule has 1 aliphatic rings. The Kier molecular flexibility index (Phi) is 4.78. The van der Waals surface area contributed by atoms with E-state index < -0.39 is 0 Å². The molecule has 4 rings (SSSR count). The predicted octanol–water partition coefficient (Wildman–Crippen LogP) is 4.62. The van der Waals surface area contributed by atoms with E-state index >= 15 is 0 Å². The number of amides is 1. The summed E-state index contributed by atoms with van der Waals surface area (Å²) in [5.41, 5.74) is 4.82. The monoisotopic (exact) mass is 389 g/mol. The zero-order chi connectivity index (χ0) is 20.7. The van der Waals surface area contributed by atoms with E-state index in [9.17, 15) is 4.79 Å². The number of benzene rings is 1. The van der Waals surface area contributed by atoms with Crippen molar-refractivity contribution >= 4 is 11.6 Å². The highest BCUT2D eigenvalue weighted by atomic mass is 16.2. The standard InChI is InChI=1S/C23H27N5O/c1-6-13-26-22(25-20-10-8-7-9-18(20)23(26)29)19-14-16(4)27(17(19)5)21-11-12-24-28(21)15(2)3/h6-12,14-15,22,25H,1,13H2,2-5H3. The van der Waals surface area contributed by atoms with Gasteiger partial charge in [0.1, 0.15) is 12.0 Å². The van der Waals surface area contributed by atoms with Gasteiger partial charge in [-0.1, -0.05) is 18.2 Å². The topological polar surface area (TPSA) is 55.1 Å². The van der Waals surface area contributed by atoms with Crippen molar-refractivity contribution in [3.05, 3.63) is 77.8 Å². The Bertz CT molecular complexity index is 1070. The van der Waals surface area contributed by atoms with Gasteiger partial charge in [0, 0.05) is 41.3 Å². The number of anilines is 1. The number of fused-ring (bicyclic) bond motifs is 1. The Morgan fingerprint density at radius 2 is 2.00 bits per heavy atom. The van der Waals surface area contributed by atoms with E-state index in [0.717, 1.165) is 28.5 Å². The van der Waals surface area contributed by atoms with Crippen LogP contribution >= 0.6 is 0 Å². The zero-order valence-electron chi connectivity index (χ0n) is 17.4. The molecule has 2 aromatic heterocycles. The SMILES string of the molecule is C=CCN1C(=O)c2ccccc2NC1c1cc(C)n(-c2ccnn2C(C)C)c1C. The average molecular weight is 390 g/mol. The largest absolute Gasteiger partial charge is 0.361 e. The van der Waals surface area contributed by atoms with Crippen molar-refractivity contribution in [1.29, 1.82) is 0 Å². The van der Waals surface area contributed by atoms with Gasteiger partial charge in [-0.15, -0.1) is 6.58 Å². The molecule has 1 amide bonds. The molecular weight excluding hydrogens is 362 g/mol. The number of hydrogen-bond acceptors (Lipinski definition) is 3. The number of aromatic nitrogens is 3. The highest BCUT2D eigenvalue weighted by Gasteiger charge is 2.34. The summed E-state index contributed by atoms with van der Waals surface area (Å²) in [6.45, 7) is 12.7. The van der Waals surface area contributed by atoms with E-state index in [1.165, 1.54) is 0 Å². The van der Waals surface area contributed by atoms with Crippen LogP contribution in [0.25, 0.3) is 5.82 Å². The van der Waals surface area contributed by atoms with Crippen molar-refractivity contribution in [3.63, 3.8) is 0 Å². The van der Waals surface area contributed by atoms with Gasteiger partial charge in [-0.2, -0.15) is 5.10 Å². The fraction of sp³-hybridized carbons (Fsp3) is 0.304. The first-order valence-corrected chi connectivity index (χ1v) is 9.94. The molecule has 29 heavy (non-hydrogen) atoms. The number of nitrogens with zero attached hydrogens (tertiary/aromatic N) is 4. The lowest BCUT2D eigenvalue weighted by atomic mass is 10.0. The van der Waals surface area contributed by atoms with E-state index in [-0.39, 0.29) is 18.1 Å². The molecule has 150 valence electrons. The molecule has 1 aliphatic heterocycles. The molecule has 6 nitrogen and oxygen atoms in total. The van der Waals surface area contributed by atoms with E-state index in [0.29, 0.717) is 12.1 Å². The molecule has 6 heteroatoms. The molecule has 1 aromatic carbocycles. The molecule has 0 spiro atoms. The summed E-state index contributed by atoms with van der Waals surface area (Å²) in [6.07, 6.45) is 3.34. The number of aryl methyl sites for hydroxylation is 1. The van der Waals surface area contributed by atoms with Crippen molar-refractivity contribution < 1.29 is 4.79 Å². The van der Waals surface area contributed by atoms with E-state index in [4.69, 9.17) is 0 Å². The number of carbonyl (C=O) groups excluding carboxylic acids is 1. The van der Waals surface area contributed by atoms with Crippen LogP contribution in [0.3, 0.4) is 0 Å². The molecule has 0 saturated heterocycles. The van der Waals surface area contributed by atoms with Crippen LogP contribution in [0.4, 0.5) is 5.69 Å². The molecule has 3 heterocycles. The van der Waals surface area contributed by atoms with Gasteiger partial charge in [0.2, 0.25) is 0 Å². The van der Waals surface area contributed by atoms with Crippen LogP contribution in [0.2, 0.25) is 0 Å². The third kappa shape index (κ3) is 3.05. The third-order valence-corrected chi connectivity index (χ3v) is 5.48. The minimum Gasteiger partial charge on any atom is -0.361 e. The Labute approximate surface area is 171 Å². The Hall–Kier alpha value is -3.28. The first-order valence-electron chi connectivity index (χ1n) is 9.94. The van der Waals surface area contributed by atoms with E-state index in [1.54, 1.807) is 6.08 Å². The Balaban J connectivity index is 1.83. The third-order valence-electron chi connectivity index (χ3n) is 5.48. The molecule has 1 atom stereocenters. The summed E-state index contributed by atoms with van der Waals surface area (Å²) < 4.78 is 4.22. The van der Waals surface area contributed by atoms with Crippen LogP contribution in [0, 0.1) is 13.8 Å². The van der Waals surface area contributed by atoms with Crippen molar-refractivity contribution in [3.8, 4) is 5.82 Å². The van der Waals surface area contributed by atoms with Crippen molar-refractivity contribution in [2.75, 3.05) is 11.9 Å².